The van der Waals surface area contributed by atoms with Crippen LogP contribution in [0.3, 0.4) is 0 Å². The van der Waals surface area contributed by atoms with Gasteiger partial charge in [-0.05, 0) is 30.0 Å². The molecule has 1 aromatic carbocycles. The van der Waals surface area contributed by atoms with E-state index in [0.717, 1.165) is 16.1 Å². The number of para-hydroxylation sites is 2. The Morgan fingerprint density at radius 1 is 0.950 bits per heavy atom. The number of aromatic nitrogens is 6. The summed E-state index contributed by atoms with van der Waals surface area (Å²) >= 11 is 1.37. The molecule has 3 aromatic heterocycles. The Labute approximate surface area is 117 Å². The first kappa shape index (κ1) is 11.3. The summed E-state index contributed by atoms with van der Waals surface area (Å²) in [5.41, 5.74) is 1.74. The van der Waals surface area contributed by atoms with E-state index < -0.39 is 0 Å². The fourth-order valence-corrected chi connectivity index (χ4v) is 2.53. The van der Waals surface area contributed by atoms with Crippen LogP contribution in [-0.4, -0.2) is 29.5 Å². The van der Waals surface area contributed by atoms with Gasteiger partial charge < -0.3 is 0 Å². The van der Waals surface area contributed by atoms with Gasteiger partial charge in [-0.1, -0.05) is 12.1 Å². The van der Waals surface area contributed by atoms with E-state index in [4.69, 9.17) is 0 Å². The molecule has 0 saturated heterocycles. The normalized spacial score (nSPS) is 11.2. The maximum Gasteiger partial charge on any atom is 0.253 e. The van der Waals surface area contributed by atoms with Gasteiger partial charge in [0.05, 0.1) is 17.2 Å². The van der Waals surface area contributed by atoms with Gasteiger partial charge in [-0.3, -0.25) is 4.98 Å². The van der Waals surface area contributed by atoms with E-state index >= 15 is 0 Å². The second kappa shape index (κ2) is 4.53. The highest BCUT2D eigenvalue weighted by molar-refractivity contribution is 7.99. The quantitative estimate of drug-likeness (QED) is 0.561. The van der Waals surface area contributed by atoms with Crippen LogP contribution in [0.4, 0.5) is 0 Å². The van der Waals surface area contributed by atoms with Crippen LogP contribution in [0.15, 0.2) is 59.1 Å². The lowest BCUT2D eigenvalue weighted by Gasteiger charge is -1.98. The average molecular weight is 280 g/mol. The third kappa shape index (κ3) is 1.97. The molecule has 4 rings (SSSR count). The molecular weight excluding hydrogens is 272 g/mol. The van der Waals surface area contributed by atoms with Crippen LogP contribution in [0, 0.1) is 0 Å². The predicted molar refractivity (Wildman–Crippen MR) is 74.4 cm³/mol. The minimum atomic E-state index is 0.573. The average Bonchev–Trinajstić information content (AvgIpc) is 2.89. The highest BCUT2D eigenvalue weighted by Crippen LogP contribution is 2.23. The van der Waals surface area contributed by atoms with Gasteiger partial charge in [0.15, 0.2) is 0 Å². The molecule has 0 spiro atoms. The maximum absolute atomic E-state index is 4.53. The van der Waals surface area contributed by atoms with Crippen LogP contribution in [0.1, 0.15) is 0 Å². The lowest BCUT2D eigenvalue weighted by atomic mass is 10.3. The fraction of sp³-hybridized carbons (Fsp3) is 0. The van der Waals surface area contributed by atoms with Crippen LogP contribution in [-0.2, 0) is 0 Å². The molecule has 0 saturated carbocycles. The molecule has 3 heterocycles. The van der Waals surface area contributed by atoms with Crippen molar-refractivity contribution in [2.75, 3.05) is 0 Å². The SMILES string of the molecule is c1ccc2nc(Sc3nc4ncccn4n3)cnc2c1. The van der Waals surface area contributed by atoms with Crippen molar-refractivity contribution in [1.82, 2.24) is 29.5 Å². The molecule has 0 amide bonds. The van der Waals surface area contributed by atoms with Gasteiger partial charge in [0.2, 0.25) is 5.16 Å². The monoisotopic (exact) mass is 280 g/mol. The van der Waals surface area contributed by atoms with E-state index in [1.165, 1.54) is 11.8 Å². The van der Waals surface area contributed by atoms with E-state index in [1.54, 1.807) is 16.9 Å². The minimum Gasteiger partial charge on any atom is -0.252 e. The molecule has 0 aliphatic heterocycles. The second-order valence-corrected chi connectivity index (χ2v) is 5.05. The first-order chi connectivity index (χ1) is 9.88. The van der Waals surface area contributed by atoms with Crippen LogP contribution in [0.2, 0.25) is 0 Å². The molecule has 0 atom stereocenters. The Hall–Kier alpha value is -2.54. The Balaban J connectivity index is 1.72. The molecule has 0 aliphatic carbocycles. The molecule has 0 radical (unpaired) electrons. The van der Waals surface area contributed by atoms with Crippen LogP contribution in [0.5, 0.6) is 0 Å². The number of rotatable bonds is 2. The van der Waals surface area contributed by atoms with Gasteiger partial charge in [0, 0.05) is 12.4 Å². The van der Waals surface area contributed by atoms with Gasteiger partial charge in [-0.2, -0.15) is 4.98 Å². The molecule has 4 aromatic rings. The third-order valence-electron chi connectivity index (χ3n) is 2.72. The van der Waals surface area contributed by atoms with Gasteiger partial charge in [0.25, 0.3) is 5.78 Å². The first-order valence-corrected chi connectivity index (χ1v) is 6.77. The standard InChI is InChI=1S/C13H8N6S/c1-2-5-10-9(4-1)15-8-11(16-10)20-13-17-12-14-6-3-7-19(12)18-13/h1-8H. The van der Waals surface area contributed by atoms with Crippen molar-refractivity contribution >= 4 is 28.6 Å². The van der Waals surface area contributed by atoms with E-state index in [1.807, 2.05) is 36.5 Å². The van der Waals surface area contributed by atoms with Crippen molar-refractivity contribution in [3.8, 4) is 0 Å². The third-order valence-corrected chi connectivity index (χ3v) is 3.48. The molecule has 0 bridgehead atoms. The molecule has 0 aliphatic rings. The highest BCUT2D eigenvalue weighted by atomic mass is 32.2. The lowest BCUT2D eigenvalue weighted by Crippen LogP contribution is -1.88. The van der Waals surface area contributed by atoms with Crippen LogP contribution >= 0.6 is 11.8 Å². The Kier molecular flexibility index (Phi) is 2.56. The van der Waals surface area contributed by atoms with Crippen molar-refractivity contribution < 1.29 is 0 Å². The second-order valence-electron chi connectivity index (χ2n) is 4.06. The van der Waals surface area contributed by atoms with Crippen molar-refractivity contribution in [3.05, 3.63) is 48.9 Å². The number of fused-ring (bicyclic) bond motifs is 2. The van der Waals surface area contributed by atoms with Gasteiger partial charge in [-0.25, -0.2) is 14.5 Å². The largest absolute Gasteiger partial charge is 0.253 e. The van der Waals surface area contributed by atoms with Crippen molar-refractivity contribution in [2.24, 2.45) is 0 Å². The molecule has 96 valence electrons. The number of nitrogens with zero attached hydrogens (tertiary/aromatic N) is 6. The zero-order chi connectivity index (χ0) is 13.4. The fourth-order valence-electron chi connectivity index (χ4n) is 1.84. The van der Waals surface area contributed by atoms with Crippen LogP contribution in [0.25, 0.3) is 16.8 Å². The van der Waals surface area contributed by atoms with E-state index in [0.29, 0.717) is 10.9 Å². The Morgan fingerprint density at radius 2 is 1.85 bits per heavy atom. The highest BCUT2D eigenvalue weighted by Gasteiger charge is 2.08. The van der Waals surface area contributed by atoms with Gasteiger partial charge in [-0.15, -0.1) is 5.10 Å². The molecule has 0 fully saturated rings. The van der Waals surface area contributed by atoms with Crippen molar-refractivity contribution in [2.45, 2.75) is 10.2 Å². The van der Waals surface area contributed by atoms with Gasteiger partial charge >= 0.3 is 0 Å². The zero-order valence-corrected chi connectivity index (χ0v) is 11.0. The summed E-state index contributed by atoms with van der Waals surface area (Å²) in [5.74, 6) is 0.573. The number of hydrogen-bond acceptors (Lipinski definition) is 6. The first-order valence-electron chi connectivity index (χ1n) is 5.95. The van der Waals surface area contributed by atoms with Crippen molar-refractivity contribution in [1.29, 1.82) is 0 Å². The van der Waals surface area contributed by atoms with E-state index in [2.05, 4.69) is 25.0 Å². The molecule has 6 nitrogen and oxygen atoms in total. The maximum atomic E-state index is 4.53. The summed E-state index contributed by atoms with van der Waals surface area (Å²) < 4.78 is 1.64. The smallest absolute Gasteiger partial charge is 0.252 e. The van der Waals surface area contributed by atoms with Crippen molar-refractivity contribution in [3.63, 3.8) is 0 Å². The molecular formula is C13H8N6S. The molecule has 0 N–H and O–H groups in total. The minimum absolute atomic E-state index is 0.573. The summed E-state index contributed by atoms with van der Waals surface area (Å²) in [6, 6.07) is 9.57. The number of benzene rings is 1. The summed E-state index contributed by atoms with van der Waals surface area (Å²) in [4.78, 5) is 17.4. The number of hydrogen-bond donors (Lipinski definition) is 0. The van der Waals surface area contributed by atoms with E-state index in [-0.39, 0.29) is 0 Å². The Bertz CT molecular complexity index is 870. The van der Waals surface area contributed by atoms with E-state index in [9.17, 15) is 0 Å². The van der Waals surface area contributed by atoms with Gasteiger partial charge in [0.1, 0.15) is 5.03 Å². The van der Waals surface area contributed by atoms with Crippen LogP contribution < -0.4 is 0 Å². The summed E-state index contributed by atoms with van der Waals surface area (Å²) in [6.07, 6.45) is 5.23. The predicted octanol–water partition coefficient (Wildman–Crippen LogP) is 2.22. The molecule has 7 heteroatoms. The molecule has 0 unspecified atom stereocenters. The lowest BCUT2D eigenvalue weighted by molar-refractivity contribution is 0.877. The summed E-state index contributed by atoms with van der Waals surface area (Å²) in [5, 5.41) is 5.69. The molecule has 20 heavy (non-hydrogen) atoms. The topological polar surface area (TPSA) is 68.9 Å². The zero-order valence-electron chi connectivity index (χ0n) is 10.2. The summed E-state index contributed by atoms with van der Waals surface area (Å²) in [6.45, 7) is 0. The Morgan fingerprint density at radius 3 is 2.75 bits per heavy atom. The summed E-state index contributed by atoms with van der Waals surface area (Å²) in [7, 11) is 0.